The average Bonchev–Trinajstić information content (AvgIpc) is 2.85. The number of amides is 1. The third kappa shape index (κ3) is 5.11. The van der Waals surface area contributed by atoms with Gasteiger partial charge in [-0.2, -0.15) is 4.31 Å². The number of benzene rings is 2. The highest BCUT2D eigenvalue weighted by atomic mass is 35.5. The van der Waals surface area contributed by atoms with Gasteiger partial charge in [0.2, 0.25) is 10.0 Å². The van der Waals surface area contributed by atoms with Crippen molar-refractivity contribution in [3.05, 3.63) is 88.7 Å². The number of hydrogen-bond donors (Lipinski definition) is 1. The second kappa shape index (κ2) is 9.92. The maximum absolute atomic E-state index is 13.2. The summed E-state index contributed by atoms with van der Waals surface area (Å²) in [6, 6.07) is 16.5. The molecule has 1 N–H and O–H groups in total. The monoisotopic (exact) mass is 499 g/mol. The summed E-state index contributed by atoms with van der Waals surface area (Å²) in [7, 11) is -3.83. The van der Waals surface area contributed by atoms with E-state index in [4.69, 9.17) is 16.3 Å². The molecule has 1 aromatic heterocycles. The Hall–Kier alpha value is -3.27. The molecule has 34 heavy (non-hydrogen) atoms. The molecule has 1 atom stereocenters. The first-order valence-electron chi connectivity index (χ1n) is 10.5. The summed E-state index contributed by atoms with van der Waals surface area (Å²) in [6.45, 7) is 2.02. The number of rotatable bonds is 6. The molecule has 1 aliphatic heterocycles. The van der Waals surface area contributed by atoms with E-state index in [0.29, 0.717) is 13.0 Å². The first kappa shape index (κ1) is 23.9. The zero-order valence-electron chi connectivity index (χ0n) is 18.3. The van der Waals surface area contributed by atoms with Gasteiger partial charge in [-0.1, -0.05) is 41.9 Å². The predicted octanol–water partition coefficient (Wildman–Crippen LogP) is 3.67. The van der Waals surface area contributed by atoms with Crippen molar-refractivity contribution in [2.45, 2.75) is 30.9 Å². The smallest absolute Gasteiger partial charge is 0.338 e. The van der Waals surface area contributed by atoms with Crippen molar-refractivity contribution in [2.24, 2.45) is 0 Å². The third-order valence-electron chi connectivity index (χ3n) is 5.47. The Morgan fingerprint density at radius 2 is 1.85 bits per heavy atom. The van der Waals surface area contributed by atoms with Crippen LogP contribution in [-0.2, 0) is 32.5 Å². The fourth-order valence-electron chi connectivity index (χ4n) is 3.60. The SMILES string of the molecule is CC(OC(=O)c1cccc(S(=O)(=O)N2CCc3ccccc3C2)c1)C(=O)Nc1cccnc1Cl. The lowest BCUT2D eigenvalue weighted by Crippen LogP contribution is -2.36. The van der Waals surface area contributed by atoms with Gasteiger partial charge in [-0.05, 0) is 54.8 Å². The number of esters is 1. The molecule has 0 spiro atoms. The number of halogens is 1. The van der Waals surface area contributed by atoms with E-state index in [1.54, 1.807) is 12.1 Å². The number of carbonyl (C=O) groups is 2. The molecule has 0 radical (unpaired) electrons. The second-order valence-corrected chi connectivity index (χ2v) is 10.1. The van der Waals surface area contributed by atoms with E-state index in [0.717, 1.165) is 11.1 Å². The van der Waals surface area contributed by atoms with Crippen LogP contribution in [0.2, 0.25) is 5.15 Å². The standard InChI is InChI=1S/C24H22ClN3O5S/c1-16(23(29)27-21-10-5-12-26-22(21)25)33-24(30)18-8-4-9-20(14-18)34(31,32)28-13-11-17-6-2-3-7-19(17)15-28/h2-10,12,14,16H,11,13,15H2,1H3,(H,27,29). The zero-order chi connectivity index (χ0) is 24.3. The van der Waals surface area contributed by atoms with Gasteiger partial charge in [0.1, 0.15) is 0 Å². The highest BCUT2D eigenvalue weighted by Gasteiger charge is 2.29. The van der Waals surface area contributed by atoms with Crippen LogP contribution in [0.25, 0.3) is 0 Å². The largest absolute Gasteiger partial charge is 0.449 e. The fraction of sp³-hybridized carbons (Fsp3) is 0.208. The quantitative estimate of drug-likeness (QED) is 0.410. The summed E-state index contributed by atoms with van der Waals surface area (Å²) in [4.78, 5) is 28.9. The first-order valence-corrected chi connectivity index (χ1v) is 12.4. The summed E-state index contributed by atoms with van der Waals surface area (Å²) >= 11 is 5.93. The minimum atomic E-state index is -3.83. The highest BCUT2D eigenvalue weighted by molar-refractivity contribution is 7.89. The average molecular weight is 500 g/mol. The van der Waals surface area contributed by atoms with Gasteiger partial charge in [0.15, 0.2) is 11.3 Å². The van der Waals surface area contributed by atoms with Crippen LogP contribution < -0.4 is 5.32 Å². The lowest BCUT2D eigenvalue weighted by molar-refractivity contribution is -0.123. The minimum Gasteiger partial charge on any atom is -0.449 e. The van der Waals surface area contributed by atoms with Gasteiger partial charge in [-0.15, -0.1) is 0 Å². The van der Waals surface area contributed by atoms with Gasteiger partial charge in [-0.25, -0.2) is 18.2 Å². The van der Waals surface area contributed by atoms with Crippen LogP contribution in [0.3, 0.4) is 0 Å². The molecule has 8 nitrogen and oxygen atoms in total. The van der Waals surface area contributed by atoms with Crippen LogP contribution in [0.5, 0.6) is 0 Å². The fourth-order valence-corrected chi connectivity index (χ4v) is 5.24. The molecular formula is C24H22ClN3O5S. The third-order valence-corrected chi connectivity index (χ3v) is 7.62. The van der Waals surface area contributed by atoms with Gasteiger partial charge in [0.25, 0.3) is 5.91 Å². The number of carbonyl (C=O) groups excluding carboxylic acids is 2. The van der Waals surface area contributed by atoms with Crippen molar-refractivity contribution >= 4 is 39.2 Å². The Bertz CT molecular complexity index is 1350. The molecule has 176 valence electrons. The van der Waals surface area contributed by atoms with E-state index in [9.17, 15) is 18.0 Å². The summed E-state index contributed by atoms with van der Waals surface area (Å²) in [5.74, 6) is -1.42. The van der Waals surface area contributed by atoms with Crippen LogP contribution in [0.1, 0.15) is 28.4 Å². The number of nitrogens with one attached hydrogen (secondary N) is 1. The maximum atomic E-state index is 13.2. The summed E-state index contributed by atoms with van der Waals surface area (Å²) in [5, 5.41) is 2.64. The van der Waals surface area contributed by atoms with E-state index in [1.165, 1.54) is 41.7 Å². The summed E-state index contributed by atoms with van der Waals surface area (Å²) < 4.78 is 33.1. The number of ether oxygens (including phenoxy) is 1. The van der Waals surface area contributed by atoms with E-state index in [-0.39, 0.29) is 27.8 Å². The van der Waals surface area contributed by atoms with Crippen LogP contribution >= 0.6 is 11.6 Å². The van der Waals surface area contributed by atoms with Crippen LogP contribution in [-0.4, -0.2) is 42.2 Å². The predicted molar refractivity (Wildman–Crippen MR) is 127 cm³/mol. The van der Waals surface area contributed by atoms with Gasteiger partial charge in [0, 0.05) is 19.3 Å². The van der Waals surface area contributed by atoms with Gasteiger partial charge >= 0.3 is 5.97 Å². The summed E-state index contributed by atoms with van der Waals surface area (Å²) in [5.41, 5.74) is 2.40. The van der Waals surface area contributed by atoms with Gasteiger partial charge in [0.05, 0.1) is 16.1 Å². The molecule has 0 fully saturated rings. The molecular weight excluding hydrogens is 478 g/mol. The highest BCUT2D eigenvalue weighted by Crippen LogP contribution is 2.25. The Kier molecular flexibility index (Phi) is 6.97. The first-order chi connectivity index (χ1) is 16.3. The van der Waals surface area contributed by atoms with E-state index in [1.807, 2.05) is 24.3 Å². The van der Waals surface area contributed by atoms with Crippen LogP contribution in [0.4, 0.5) is 5.69 Å². The van der Waals surface area contributed by atoms with Crippen LogP contribution in [0.15, 0.2) is 71.8 Å². The maximum Gasteiger partial charge on any atom is 0.338 e. The van der Waals surface area contributed by atoms with Crippen molar-refractivity contribution < 1.29 is 22.7 Å². The number of nitrogens with zero attached hydrogens (tertiary/aromatic N) is 2. The molecule has 0 saturated carbocycles. The Morgan fingerprint density at radius 1 is 1.09 bits per heavy atom. The molecule has 1 unspecified atom stereocenters. The number of pyridine rings is 1. The van der Waals surface area contributed by atoms with Crippen molar-refractivity contribution in [3.8, 4) is 0 Å². The van der Waals surface area contributed by atoms with E-state index >= 15 is 0 Å². The molecule has 0 saturated heterocycles. The molecule has 2 aromatic carbocycles. The number of sulfonamides is 1. The second-order valence-electron chi connectivity index (χ2n) is 7.76. The Labute approximate surface area is 202 Å². The Morgan fingerprint density at radius 3 is 2.62 bits per heavy atom. The lowest BCUT2D eigenvalue weighted by atomic mass is 10.0. The van der Waals surface area contributed by atoms with Crippen molar-refractivity contribution in [3.63, 3.8) is 0 Å². The molecule has 4 rings (SSSR count). The number of aromatic nitrogens is 1. The molecule has 1 amide bonds. The summed E-state index contributed by atoms with van der Waals surface area (Å²) in [6.07, 6.45) is 0.943. The van der Waals surface area contributed by atoms with Gasteiger partial charge < -0.3 is 10.1 Å². The zero-order valence-corrected chi connectivity index (χ0v) is 19.8. The minimum absolute atomic E-state index is 0.0134. The van der Waals surface area contributed by atoms with Gasteiger partial charge in [-0.3, -0.25) is 4.79 Å². The van der Waals surface area contributed by atoms with E-state index < -0.39 is 28.0 Å². The van der Waals surface area contributed by atoms with Crippen molar-refractivity contribution in [1.29, 1.82) is 0 Å². The lowest BCUT2D eigenvalue weighted by Gasteiger charge is -2.28. The number of anilines is 1. The molecule has 0 aliphatic carbocycles. The Balaban J connectivity index is 1.46. The molecule has 1 aliphatic rings. The molecule has 3 aromatic rings. The van der Waals surface area contributed by atoms with E-state index in [2.05, 4.69) is 10.3 Å². The van der Waals surface area contributed by atoms with Crippen molar-refractivity contribution in [2.75, 3.05) is 11.9 Å². The molecule has 0 bridgehead atoms. The number of fused-ring (bicyclic) bond motifs is 1. The topological polar surface area (TPSA) is 106 Å². The normalized spacial score (nSPS) is 14.6. The van der Waals surface area contributed by atoms with Crippen molar-refractivity contribution in [1.82, 2.24) is 9.29 Å². The number of hydrogen-bond acceptors (Lipinski definition) is 6. The molecule has 2 heterocycles. The van der Waals surface area contributed by atoms with Crippen LogP contribution in [0, 0.1) is 0 Å². The molecule has 10 heteroatoms.